The zero-order valence-electron chi connectivity index (χ0n) is 13.9. The molecular formula is C17H22N4O2S. The molecule has 0 radical (unpaired) electrons. The smallest absolute Gasteiger partial charge is 0.227 e. The Bertz CT molecular complexity index is 734. The summed E-state index contributed by atoms with van der Waals surface area (Å²) in [6.07, 6.45) is 2.12. The van der Waals surface area contributed by atoms with E-state index in [9.17, 15) is 4.79 Å². The summed E-state index contributed by atoms with van der Waals surface area (Å²) in [4.78, 5) is 17.1. The van der Waals surface area contributed by atoms with Gasteiger partial charge in [0.1, 0.15) is 11.0 Å². The number of fused-ring (bicyclic) bond motifs is 5. The summed E-state index contributed by atoms with van der Waals surface area (Å²) in [5.74, 6) is 0.440. The van der Waals surface area contributed by atoms with Crippen molar-refractivity contribution >= 4 is 28.7 Å². The lowest BCUT2D eigenvalue weighted by Gasteiger charge is -2.35. The minimum Gasteiger partial charge on any atom is -0.383 e. The number of hydrogen-bond donors (Lipinski definition) is 0. The van der Waals surface area contributed by atoms with E-state index in [2.05, 4.69) is 25.8 Å². The van der Waals surface area contributed by atoms with Gasteiger partial charge in [0.05, 0.1) is 24.3 Å². The van der Waals surface area contributed by atoms with Gasteiger partial charge in [-0.15, -0.1) is 0 Å². The van der Waals surface area contributed by atoms with Gasteiger partial charge in [-0.3, -0.25) is 9.69 Å². The SMILES string of the molecule is COCCN1C(=O)C2CCC1CN(Cc1ccc3nsnc3c1)C2. The van der Waals surface area contributed by atoms with Crippen LogP contribution in [0.1, 0.15) is 18.4 Å². The largest absolute Gasteiger partial charge is 0.383 e. The normalized spacial score (nSPS) is 24.7. The van der Waals surface area contributed by atoms with E-state index in [4.69, 9.17) is 4.74 Å². The van der Waals surface area contributed by atoms with Crippen LogP contribution < -0.4 is 0 Å². The summed E-state index contributed by atoms with van der Waals surface area (Å²) in [7, 11) is 1.69. The molecule has 6 nitrogen and oxygen atoms in total. The van der Waals surface area contributed by atoms with Crippen LogP contribution in [0.2, 0.25) is 0 Å². The van der Waals surface area contributed by atoms with E-state index >= 15 is 0 Å². The lowest BCUT2D eigenvalue weighted by Crippen LogP contribution is -2.49. The molecule has 0 spiro atoms. The Kier molecular flexibility index (Phi) is 4.47. The van der Waals surface area contributed by atoms with Gasteiger partial charge < -0.3 is 9.64 Å². The molecule has 5 rings (SSSR count). The number of benzene rings is 1. The third kappa shape index (κ3) is 3.03. The number of hydrogen-bond acceptors (Lipinski definition) is 6. The van der Waals surface area contributed by atoms with E-state index in [1.807, 2.05) is 11.0 Å². The van der Waals surface area contributed by atoms with Crippen LogP contribution in [0.5, 0.6) is 0 Å². The Morgan fingerprint density at radius 2 is 2.12 bits per heavy atom. The molecule has 0 aliphatic carbocycles. The molecule has 1 amide bonds. The number of piperidine rings is 1. The highest BCUT2D eigenvalue weighted by Gasteiger charge is 2.40. The molecular weight excluding hydrogens is 324 g/mol. The van der Waals surface area contributed by atoms with Crippen LogP contribution in [-0.2, 0) is 16.1 Å². The fourth-order valence-electron chi connectivity index (χ4n) is 3.93. The standard InChI is InChI=1S/C17H22N4O2S/c1-23-7-6-21-14-4-3-13(17(21)22)10-20(11-14)9-12-2-5-15-16(8-12)19-24-18-15/h2,5,8,13-14H,3-4,6-7,9-11H2,1H3. The predicted molar refractivity (Wildman–Crippen MR) is 92.8 cm³/mol. The van der Waals surface area contributed by atoms with Crippen LogP contribution in [0.15, 0.2) is 18.2 Å². The monoisotopic (exact) mass is 346 g/mol. The van der Waals surface area contributed by atoms with Gasteiger partial charge >= 0.3 is 0 Å². The van der Waals surface area contributed by atoms with Crippen molar-refractivity contribution in [1.29, 1.82) is 0 Å². The molecule has 2 bridgehead atoms. The van der Waals surface area contributed by atoms with E-state index in [-0.39, 0.29) is 5.92 Å². The molecule has 3 aliphatic heterocycles. The van der Waals surface area contributed by atoms with Crippen molar-refractivity contribution in [2.45, 2.75) is 25.4 Å². The maximum absolute atomic E-state index is 12.7. The van der Waals surface area contributed by atoms with Gasteiger partial charge in [0.2, 0.25) is 5.91 Å². The second kappa shape index (κ2) is 6.74. The fraction of sp³-hybridized carbons (Fsp3) is 0.588. The zero-order chi connectivity index (χ0) is 16.5. The molecule has 2 unspecified atom stereocenters. The number of rotatable bonds is 5. The number of methoxy groups -OCH3 is 1. The summed E-state index contributed by atoms with van der Waals surface area (Å²) in [5.41, 5.74) is 3.17. The third-order valence-corrected chi connectivity index (χ3v) is 5.69. The van der Waals surface area contributed by atoms with E-state index in [0.29, 0.717) is 25.1 Å². The quantitative estimate of drug-likeness (QED) is 0.826. The number of carbonyl (C=O) groups is 1. The Balaban J connectivity index is 1.49. The molecule has 1 aromatic carbocycles. The van der Waals surface area contributed by atoms with E-state index < -0.39 is 0 Å². The van der Waals surface area contributed by atoms with Gasteiger partial charge in [-0.25, -0.2) is 0 Å². The van der Waals surface area contributed by atoms with Gasteiger partial charge in [0.15, 0.2) is 0 Å². The second-order valence-corrected chi connectivity index (χ2v) is 7.26. The maximum Gasteiger partial charge on any atom is 0.227 e. The van der Waals surface area contributed by atoms with E-state index in [0.717, 1.165) is 43.5 Å². The van der Waals surface area contributed by atoms with Crippen molar-refractivity contribution in [2.75, 3.05) is 33.4 Å². The van der Waals surface area contributed by atoms with Gasteiger partial charge in [-0.1, -0.05) is 6.07 Å². The van der Waals surface area contributed by atoms with Crippen LogP contribution in [0.25, 0.3) is 11.0 Å². The first kappa shape index (κ1) is 15.9. The molecule has 3 aliphatic rings. The minimum absolute atomic E-state index is 0.130. The first-order valence-electron chi connectivity index (χ1n) is 8.47. The number of ether oxygens (including phenoxy) is 1. The van der Waals surface area contributed by atoms with Crippen molar-refractivity contribution < 1.29 is 9.53 Å². The van der Waals surface area contributed by atoms with Crippen LogP contribution in [0.3, 0.4) is 0 Å². The average Bonchev–Trinajstić information content (AvgIpc) is 2.90. The maximum atomic E-state index is 12.7. The molecule has 128 valence electrons. The number of amides is 1. The summed E-state index contributed by atoms with van der Waals surface area (Å²) in [6, 6.07) is 6.60. The third-order valence-electron chi connectivity index (χ3n) is 5.13. The second-order valence-electron chi connectivity index (χ2n) is 6.73. The molecule has 0 N–H and O–H groups in total. The summed E-state index contributed by atoms with van der Waals surface area (Å²) < 4.78 is 13.8. The first-order valence-corrected chi connectivity index (χ1v) is 9.20. The highest BCUT2D eigenvalue weighted by atomic mass is 32.1. The molecule has 7 heteroatoms. The molecule has 2 atom stereocenters. The Hall–Kier alpha value is -1.57. The highest BCUT2D eigenvalue weighted by Crippen LogP contribution is 2.30. The van der Waals surface area contributed by atoms with Crippen LogP contribution in [0.4, 0.5) is 0 Å². The number of aromatic nitrogens is 2. The van der Waals surface area contributed by atoms with Crippen molar-refractivity contribution in [1.82, 2.24) is 18.5 Å². The van der Waals surface area contributed by atoms with Crippen molar-refractivity contribution in [2.24, 2.45) is 5.92 Å². The van der Waals surface area contributed by atoms with Gasteiger partial charge in [0.25, 0.3) is 0 Å². The van der Waals surface area contributed by atoms with Crippen molar-refractivity contribution in [3.63, 3.8) is 0 Å². The molecule has 0 saturated carbocycles. The first-order chi connectivity index (χ1) is 11.7. The predicted octanol–water partition coefficient (Wildman–Crippen LogP) is 1.76. The molecule has 3 saturated heterocycles. The highest BCUT2D eigenvalue weighted by molar-refractivity contribution is 7.00. The molecule has 2 aromatic rings. The van der Waals surface area contributed by atoms with Crippen molar-refractivity contribution in [3.8, 4) is 0 Å². The lowest BCUT2D eigenvalue weighted by molar-refractivity contribution is -0.140. The van der Waals surface area contributed by atoms with Gasteiger partial charge in [-0.2, -0.15) is 8.75 Å². The minimum atomic E-state index is 0.130. The van der Waals surface area contributed by atoms with Crippen LogP contribution in [-0.4, -0.2) is 63.8 Å². The Morgan fingerprint density at radius 3 is 3.00 bits per heavy atom. The van der Waals surface area contributed by atoms with Crippen molar-refractivity contribution in [3.05, 3.63) is 23.8 Å². The molecule has 24 heavy (non-hydrogen) atoms. The van der Waals surface area contributed by atoms with Crippen LogP contribution in [0, 0.1) is 5.92 Å². The summed E-state index contributed by atoms with van der Waals surface area (Å²) >= 11 is 1.25. The van der Waals surface area contributed by atoms with E-state index in [1.54, 1.807) is 7.11 Å². The Morgan fingerprint density at radius 1 is 1.25 bits per heavy atom. The Labute approximate surface area is 145 Å². The van der Waals surface area contributed by atoms with Gasteiger partial charge in [0, 0.05) is 39.3 Å². The number of carbonyl (C=O) groups excluding carboxylic acids is 1. The summed E-state index contributed by atoms with van der Waals surface area (Å²) in [5, 5.41) is 0. The fourth-order valence-corrected chi connectivity index (χ4v) is 4.44. The lowest BCUT2D eigenvalue weighted by atomic mass is 9.94. The zero-order valence-corrected chi connectivity index (χ0v) is 14.7. The van der Waals surface area contributed by atoms with Gasteiger partial charge in [-0.05, 0) is 30.5 Å². The molecule has 1 aromatic heterocycles. The molecule has 3 fully saturated rings. The van der Waals surface area contributed by atoms with Crippen LogP contribution >= 0.6 is 11.7 Å². The molecule has 4 heterocycles. The summed E-state index contributed by atoms with van der Waals surface area (Å²) in [6.45, 7) is 3.99. The average molecular weight is 346 g/mol. The number of nitrogens with zero attached hydrogens (tertiary/aromatic N) is 4. The topological polar surface area (TPSA) is 58.6 Å². The van der Waals surface area contributed by atoms with E-state index in [1.165, 1.54) is 17.3 Å².